The third-order valence-electron chi connectivity index (χ3n) is 3.45. The molecule has 0 aromatic carbocycles. The van der Waals surface area contributed by atoms with E-state index in [0.29, 0.717) is 23.1 Å². The van der Waals surface area contributed by atoms with Gasteiger partial charge in [0, 0.05) is 42.9 Å². The Kier molecular flexibility index (Phi) is 4.24. The SMILES string of the molecule is Cc1cc(=O)n2c(n1)SC[C@H]2CC(=O)NCc1cccnc1. The number of thioether (sulfide) groups is 1. The van der Waals surface area contributed by atoms with Crippen molar-refractivity contribution in [2.24, 2.45) is 0 Å². The zero-order chi connectivity index (χ0) is 15.5. The number of hydrogen-bond donors (Lipinski definition) is 1. The van der Waals surface area contributed by atoms with Gasteiger partial charge in [0.05, 0.1) is 6.04 Å². The average molecular weight is 316 g/mol. The van der Waals surface area contributed by atoms with Crippen LogP contribution in [0.4, 0.5) is 0 Å². The molecule has 3 rings (SSSR count). The molecule has 1 amide bonds. The smallest absolute Gasteiger partial charge is 0.254 e. The lowest BCUT2D eigenvalue weighted by atomic mass is 10.2. The lowest BCUT2D eigenvalue weighted by molar-refractivity contribution is -0.121. The third-order valence-corrected chi connectivity index (χ3v) is 4.55. The quantitative estimate of drug-likeness (QED) is 0.860. The van der Waals surface area contributed by atoms with E-state index in [-0.39, 0.29) is 23.9 Å². The van der Waals surface area contributed by atoms with Crippen molar-refractivity contribution in [2.45, 2.75) is 31.1 Å². The van der Waals surface area contributed by atoms with Gasteiger partial charge in [-0.15, -0.1) is 0 Å². The minimum atomic E-state index is -0.130. The second kappa shape index (κ2) is 6.31. The number of hydrogen-bond acceptors (Lipinski definition) is 5. The molecule has 0 radical (unpaired) electrons. The minimum absolute atomic E-state index is 0.0743. The second-order valence-corrected chi connectivity index (χ2v) is 6.18. The molecule has 2 aromatic heterocycles. The standard InChI is InChI=1S/C15H16N4O2S/c1-10-5-14(21)19-12(9-22-15(19)18-10)6-13(20)17-8-11-3-2-4-16-7-11/h2-5,7,12H,6,8-9H2,1H3,(H,17,20)/t12-/m1/s1. The number of fused-ring (bicyclic) bond motifs is 1. The first kappa shape index (κ1) is 14.8. The fourth-order valence-corrected chi connectivity index (χ4v) is 3.60. The zero-order valence-electron chi connectivity index (χ0n) is 12.2. The maximum absolute atomic E-state index is 12.1. The zero-order valence-corrected chi connectivity index (χ0v) is 13.0. The van der Waals surface area contributed by atoms with Crippen LogP contribution in [-0.4, -0.2) is 26.2 Å². The van der Waals surface area contributed by atoms with Crippen molar-refractivity contribution in [3.8, 4) is 0 Å². The number of carbonyl (C=O) groups excluding carboxylic acids is 1. The summed E-state index contributed by atoms with van der Waals surface area (Å²) in [7, 11) is 0. The summed E-state index contributed by atoms with van der Waals surface area (Å²) in [5.41, 5.74) is 1.58. The summed E-state index contributed by atoms with van der Waals surface area (Å²) < 4.78 is 1.63. The van der Waals surface area contributed by atoms with E-state index in [1.165, 1.54) is 17.8 Å². The molecule has 0 saturated heterocycles. The lowest BCUT2D eigenvalue weighted by Gasteiger charge is -2.13. The number of amides is 1. The van der Waals surface area contributed by atoms with Gasteiger partial charge in [0.25, 0.3) is 5.56 Å². The predicted octanol–water partition coefficient (Wildman–Crippen LogP) is 1.30. The van der Waals surface area contributed by atoms with E-state index in [4.69, 9.17) is 0 Å². The van der Waals surface area contributed by atoms with Crippen molar-refractivity contribution in [1.82, 2.24) is 19.9 Å². The number of rotatable bonds is 4. The van der Waals surface area contributed by atoms with E-state index in [2.05, 4.69) is 15.3 Å². The van der Waals surface area contributed by atoms with Crippen molar-refractivity contribution in [3.63, 3.8) is 0 Å². The largest absolute Gasteiger partial charge is 0.352 e. The van der Waals surface area contributed by atoms with Crippen LogP contribution in [0.2, 0.25) is 0 Å². The number of aryl methyl sites for hydroxylation is 1. The number of pyridine rings is 1. The molecule has 1 atom stereocenters. The molecule has 0 saturated carbocycles. The van der Waals surface area contributed by atoms with Crippen LogP contribution in [0.25, 0.3) is 0 Å². The Morgan fingerprint density at radius 1 is 1.55 bits per heavy atom. The Morgan fingerprint density at radius 2 is 2.41 bits per heavy atom. The lowest BCUT2D eigenvalue weighted by Crippen LogP contribution is -2.30. The van der Waals surface area contributed by atoms with Gasteiger partial charge in [-0.05, 0) is 18.6 Å². The summed E-state index contributed by atoms with van der Waals surface area (Å²) in [6.45, 7) is 2.25. The molecule has 2 aromatic rings. The molecule has 3 heterocycles. The normalized spacial score (nSPS) is 16.3. The molecule has 1 N–H and O–H groups in total. The van der Waals surface area contributed by atoms with Crippen molar-refractivity contribution in [3.05, 3.63) is 52.2 Å². The van der Waals surface area contributed by atoms with Crippen molar-refractivity contribution in [1.29, 1.82) is 0 Å². The van der Waals surface area contributed by atoms with Crippen LogP contribution in [0.3, 0.4) is 0 Å². The summed E-state index contributed by atoms with van der Waals surface area (Å²) in [6, 6.07) is 5.12. The molecular weight excluding hydrogens is 300 g/mol. The molecule has 114 valence electrons. The van der Waals surface area contributed by atoms with E-state index in [0.717, 1.165) is 5.56 Å². The van der Waals surface area contributed by atoms with Crippen LogP contribution < -0.4 is 10.9 Å². The minimum Gasteiger partial charge on any atom is -0.352 e. The van der Waals surface area contributed by atoms with Crippen molar-refractivity contribution >= 4 is 17.7 Å². The Morgan fingerprint density at radius 3 is 3.18 bits per heavy atom. The predicted molar refractivity (Wildman–Crippen MR) is 83.7 cm³/mol. The van der Waals surface area contributed by atoms with Crippen LogP contribution in [-0.2, 0) is 11.3 Å². The van der Waals surface area contributed by atoms with Crippen LogP contribution >= 0.6 is 11.8 Å². The summed E-state index contributed by atoms with van der Waals surface area (Å²) in [6.07, 6.45) is 3.70. The monoisotopic (exact) mass is 316 g/mol. The number of nitrogens with zero attached hydrogens (tertiary/aromatic N) is 3. The molecule has 0 bridgehead atoms. The highest BCUT2D eigenvalue weighted by Gasteiger charge is 2.27. The average Bonchev–Trinajstić information content (AvgIpc) is 2.89. The van der Waals surface area contributed by atoms with Gasteiger partial charge >= 0.3 is 0 Å². The van der Waals surface area contributed by atoms with Gasteiger partial charge in [-0.2, -0.15) is 0 Å². The molecule has 0 unspecified atom stereocenters. The number of nitrogens with one attached hydrogen (secondary N) is 1. The first-order valence-electron chi connectivity index (χ1n) is 7.02. The molecule has 0 fully saturated rings. The van der Waals surface area contributed by atoms with E-state index < -0.39 is 0 Å². The fraction of sp³-hybridized carbons (Fsp3) is 0.333. The summed E-state index contributed by atoms with van der Waals surface area (Å²) in [4.78, 5) is 32.5. The maximum atomic E-state index is 12.1. The molecule has 22 heavy (non-hydrogen) atoms. The highest BCUT2D eigenvalue weighted by atomic mass is 32.2. The van der Waals surface area contributed by atoms with E-state index in [1.807, 2.05) is 12.1 Å². The molecule has 1 aliphatic heterocycles. The van der Waals surface area contributed by atoms with Gasteiger partial charge in [0.2, 0.25) is 5.91 Å². The third kappa shape index (κ3) is 3.19. The van der Waals surface area contributed by atoms with Crippen molar-refractivity contribution in [2.75, 3.05) is 5.75 Å². The van der Waals surface area contributed by atoms with Gasteiger partial charge in [-0.25, -0.2) is 4.98 Å². The Balaban J connectivity index is 1.64. The fourth-order valence-electron chi connectivity index (χ4n) is 2.40. The van der Waals surface area contributed by atoms with Crippen LogP contribution in [0, 0.1) is 6.92 Å². The summed E-state index contributed by atoms with van der Waals surface area (Å²) >= 11 is 1.52. The van der Waals surface area contributed by atoms with Crippen LogP contribution in [0.15, 0.2) is 40.5 Å². The summed E-state index contributed by atoms with van der Waals surface area (Å²) in [5, 5.41) is 3.57. The first-order chi connectivity index (χ1) is 10.6. The van der Waals surface area contributed by atoms with Gasteiger partial charge in [0.1, 0.15) is 0 Å². The summed E-state index contributed by atoms with van der Waals surface area (Å²) in [5.74, 6) is 0.626. The Hall–Kier alpha value is -2.15. The number of carbonyl (C=O) groups is 1. The van der Waals surface area contributed by atoms with Gasteiger partial charge in [-0.3, -0.25) is 19.1 Å². The topological polar surface area (TPSA) is 76.9 Å². The van der Waals surface area contributed by atoms with Crippen LogP contribution in [0.5, 0.6) is 0 Å². The number of aromatic nitrogens is 3. The molecular formula is C15H16N4O2S. The van der Waals surface area contributed by atoms with Crippen molar-refractivity contribution < 1.29 is 4.79 Å². The first-order valence-corrected chi connectivity index (χ1v) is 8.00. The Labute approximate surface area is 132 Å². The van der Waals surface area contributed by atoms with Crippen LogP contribution in [0.1, 0.15) is 23.7 Å². The second-order valence-electron chi connectivity index (χ2n) is 5.20. The maximum Gasteiger partial charge on any atom is 0.254 e. The highest BCUT2D eigenvalue weighted by Crippen LogP contribution is 2.31. The molecule has 1 aliphatic rings. The van der Waals surface area contributed by atoms with Gasteiger partial charge in [-0.1, -0.05) is 17.8 Å². The van der Waals surface area contributed by atoms with E-state index in [9.17, 15) is 9.59 Å². The van der Waals surface area contributed by atoms with Gasteiger partial charge < -0.3 is 5.32 Å². The molecule has 7 heteroatoms. The molecule has 0 aliphatic carbocycles. The molecule has 6 nitrogen and oxygen atoms in total. The van der Waals surface area contributed by atoms with E-state index >= 15 is 0 Å². The highest BCUT2D eigenvalue weighted by molar-refractivity contribution is 7.99. The Bertz CT molecular complexity index is 745. The molecule has 0 spiro atoms. The van der Waals surface area contributed by atoms with Gasteiger partial charge in [0.15, 0.2) is 5.16 Å². The van der Waals surface area contributed by atoms with E-state index in [1.54, 1.807) is 23.9 Å².